The number of nitrogens with zero attached hydrogens (tertiary/aromatic N) is 1. The van der Waals surface area contributed by atoms with Crippen molar-refractivity contribution >= 4 is 11.7 Å². The van der Waals surface area contributed by atoms with Crippen molar-refractivity contribution in [2.45, 2.75) is 46.5 Å². The molecule has 1 aromatic rings. The third-order valence-corrected chi connectivity index (χ3v) is 3.62. The van der Waals surface area contributed by atoms with Crippen molar-refractivity contribution in [1.82, 2.24) is 10.2 Å². The van der Waals surface area contributed by atoms with Crippen LogP contribution in [0.3, 0.4) is 0 Å². The van der Waals surface area contributed by atoms with E-state index in [-0.39, 0.29) is 5.91 Å². The first kappa shape index (κ1) is 14.7. The van der Waals surface area contributed by atoms with Crippen LogP contribution < -0.4 is 11.1 Å². The van der Waals surface area contributed by atoms with Crippen LogP contribution in [-0.2, 0) is 11.2 Å². The monoisotopic (exact) mass is 252 g/mol. The van der Waals surface area contributed by atoms with Gasteiger partial charge in [-0.25, -0.2) is 0 Å². The molecular weight excluding hydrogens is 228 g/mol. The van der Waals surface area contributed by atoms with Crippen LogP contribution >= 0.6 is 0 Å². The lowest BCUT2D eigenvalue weighted by Crippen LogP contribution is -2.41. The van der Waals surface area contributed by atoms with Gasteiger partial charge in [0.15, 0.2) is 5.82 Å². The molecule has 5 nitrogen and oxygen atoms in total. The van der Waals surface area contributed by atoms with Crippen LogP contribution in [-0.4, -0.2) is 22.6 Å². The van der Waals surface area contributed by atoms with Gasteiger partial charge in [-0.1, -0.05) is 27.2 Å². The molecule has 4 N–H and O–H groups in total. The highest BCUT2D eigenvalue weighted by Crippen LogP contribution is 2.26. The highest BCUT2D eigenvalue weighted by molar-refractivity contribution is 5.94. The number of aryl methyl sites for hydroxylation is 1. The van der Waals surface area contributed by atoms with E-state index in [1.54, 1.807) is 0 Å². The lowest BCUT2D eigenvalue weighted by molar-refractivity contribution is -0.125. The number of nitrogens with two attached hydrogens (primary N) is 1. The number of hydrogen-bond acceptors (Lipinski definition) is 3. The smallest absolute Gasteiger partial charge is 0.233 e. The fraction of sp³-hybridized carbons (Fsp3) is 0.692. The first-order valence-electron chi connectivity index (χ1n) is 6.67. The van der Waals surface area contributed by atoms with Gasteiger partial charge >= 0.3 is 0 Å². The van der Waals surface area contributed by atoms with E-state index < -0.39 is 5.41 Å². The molecule has 0 fully saturated rings. The standard InChI is InChI=1S/C13H24N4O/c1-4-7-10-8-11(17-16-10)15-12(18)13(5-2,6-3)9-14/h8H,4-7,9,14H2,1-3H3,(H2,15,16,17,18). The Balaban J connectivity index is 2.73. The predicted octanol–water partition coefficient (Wildman–Crippen LogP) is 2.07. The number of nitrogens with one attached hydrogen (secondary N) is 2. The summed E-state index contributed by atoms with van der Waals surface area (Å²) in [6, 6.07) is 1.88. The maximum absolute atomic E-state index is 12.2. The predicted molar refractivity (Wildman–Crippen MR) is 73.3 cm³/mol. The van der Waals surface area contributed by atoms with E-state index in [2.05, 4.69) is 22.4 Å². The Morgan fingerprint density at radius 2 is 2.11 bits per heavy atom. The minimum atomic E-state index is -0.482. The average Bonchev–Trinajstić information content (AvgIpc) is 2.80. The summed E-state index contributed by atoms with van der Waals surface area (Å²) in [7, 11) is 0. The summed E-state index contributed by atoms with van der Waals surface area (Å²) in [5.74, 6) is 0.549. The number of carbonyl (C=O) groups is 1. The molecule has 0 aliphatic rings. The second kappa shape index (κ2) is 6.54. The van der Waals surface area contributed by atoms with Gasteiger partial charge < -0.3 is 11.1 Å². The van der Waals surface area contributed by atoms with E-state index in [1.165, 1.54) is 0 Å². The van der Waals surface area contributed by atoms with Crippen LogP contribution in [0, 0.1) is 5.41 Å². The minimum absolute atomic E-state index is 0.0375. The summed E-state index contributed by atoms with van der Waals surface area (Å²) >= 11 is 0. The molecule has 1 amide bonds. The summed E-state index contributed by atoms with van der Waals surface area (Å²) in [4.78, 5) is 12.2. The van der Waals surface area contributed by atoms with Gasteiger partial charge in [-0.15, -0.1) is 0 Å². The Hall–Kier alpha value is -1.36. The number of carbonyl (C=O) groups excluding carboxylic acids is 1. The molecule has 102 valence electrons. The van der Waals surface area contributed by atoms with Gasteiger partial charge in [0, 0.05) is 18.3 Å². The zero-order valence-corrected chi connectivity index (χ0v) is 11.5. The molecule has 18 heavy (non-hydrogen) atoms. The van der Waals surface area contributed by atoms with E-state index in [0.29, 0.717) is 12.4 Å². The molecule has 0 saturated carbocycles. The maximum Gasteiger partial charge on any atom is 0.233 e. The number of rotatable bonds is 7. The van der Waals surface area contributed by atoms with Gasteiger partial charge in [0.25, 0.3) is 0 Å². The minimum Gasteiger partial charge on any atom is -0.329 e. The van der Waals surface area contributed by atoms with E-state index in [1.807, 2.05) is 19.9 Å². The molecule has 0 bridgehead atoms. The van der Waals surface area contributed by atoms with Gasteiger partial charge in [-0.05, 0) is 19.3 Å². The first-order chi connectivity index (χ1) is 8.61. The Morgan fingerprint density at radius 3 is 2.61 bits per heavy atom. The quantitative estimate of drug-likeness (QED) is 0.694. The molecule has 1 rings (SSSR count). The number of aromatic nitrogens is 2. The fourth-order valence-corrected chi connectivity index (χ4v) is 2.02. The van der Waals surface area contributed by atoms with Crippen molar-refractivity contribution < 1.29 is 4.79 Å². The van der Waals surface area contributed by atoms with Gasteiger partial charge in [-0.3, -0.25) is 9.89 Å². The van der Waals surface area contributed by atoms with Crippen LogP contribution in [0.15, 0.2) is 6.07 Å². The molecule has 0 spiro atoms. The van der Waals surface area contributed by atoms with Crippen molar-refractivity contribution in [2.24, 2.45) is 11.1 Å². The van der Waals surface area contributed by atoms with Gasteiger partial charge in [0.05, 0.1) is 5.41 Å². The summed E-state index contributed by atoms with van der Waals surface area (Å²) in [5.41, 5.74) is 6.31. The third-order valence-electron chi connectivity index (χ3n) is 3.62. The topological polar surface area (TPSA) is 83.8 Å². The third kappa shape index (κ3) is 3.10. The molecule has 0 unspecified atom stereocenters. The highest BCUT2D eigenvalue weighted by Gasteiger charge is 2.33. The summed E-state index contributed by atoms with van der Waals surface area (Å²) < 4.78 is 0. The Bertz CT molecular complexity index is 374. The molecule has 0 atom stereocenters. The van der Waals surface area contributed by atoms with E-state index in [9.17, 15) is 4.79 Å². The van der Waals surface area contributed by atoms with Crippen LogP contribution in [0.1, 0.15) is 45.7 Å². The largest absolute Gasteiger partial charge is 0.329 e. The number of anilines is 1. The number of hydrogen-bond donors (Lipinski definition) is 3. The van der Waals surface area contributed by atoms with Crippen molar-refractivity contribution in [1.29, 1.82) is 0 Å². The first-order valence-corrected chi connectivity index (χ1v) is 6.67. The van der Waals surface area contributed by atoms with Crippen molar-refractivity contribution in [3.05, 3.63) is 11.8 Å². The van der Waals surface area contributed by atoms with Crippen LogP contribution in [0.25, 0.3) is 0 Å². The Kier molecular flexibility index (Phi) is 5.34. The average molecular weight is 252 g/mol. The van der Waals surface area contributed by atoms with Gasteiger partial charge in [0.2, 0.25) is 5.91 Å². The zero-order valence-electron chi connectivity index (χ0n) is 11.5. The lowest BCUT2D eigenvalue weighted by Gasteiger charge is -2.27. The second-order valence-electron chi connectivity index (χ2n) is 4.67. The summed E-state index contributed by atoms with van der Waals surface area (Å²) in [6.45, 7) is 6.44. The highest BCUT2D eigenvalue weighted by atomic mass is 16.2. The molecule has 0 saturated heterocycles. The number of H-pyrrole nitrogens is 1. The van der Waals surface area contributed by atoms with Crippen molar-refractivity contribution in [3.8, 4) is 0 Å². The van der Waals surface area contributed by atoms with E-state index >= 15 is 0 Å². The van der Waals surface area contributed by atoms with E-state index in [0.717, 1.165) is 31.4 Å². The van der Waals surface area contributed by atoms with Gasteiger partial charge in [0.1, 0.15) is 0 Å². The molecule has 0 aliphatic carbocycles. The van der Waals surface area contributed by atoms with Crippen molar-refractivity contribution in [2.75, 3.05) is 11.9 Å². The SMILES string of the molecule is CCCc1cc(NC(=O)C(CC)(CC)CN)n[nH]1. The number of amides is 1. The molecule has 1 heterocycles. The summed E-state index contributed by atoms with van der Waals surface area (Å²) in [6.07, 6.45) is 3.45. The lowest BCUT2D eigenvalue weighted by atomic mass is 9.81. The maximum atomic E-state index is 12.2. The molecule has 0 aliphatic heterocycles. The van der Waals surface area contributed by atoms with Crippen LogP contribution in [0.2, 0.25) is 0 Å². The molecule has 0 radical (unpaired) electrons. The zero-order chi connectivity index (χ0) is 13.6. The second-order valence-corrected chi connectivity index (χ2v) is 4.67. The van der Waals surface area contributed by atoms with E-state index in [4.69, 9.17) is 5.73 Å². The Labute approximate surface area is 109 Å². The van der Waals surface area contributed by atoms with Crippen molar-refractivity contribution in [3.63, 3.8) is 0 Å². The summed E-state index contributed by atoms with van der Waals surface area (Å²) in [5, 5.41) is 9.87. The molecule has 1 aromatic heterocycles. The van der Waals surface area contributed by atoms with Crippen LogP contribution in [0.5, 0.6) is 0 Å². The van der Waals surface area contributed by atoms with Gasteiger partial charge in [-0.2, -0.15) is 5.10 Å². The molecule has 0 aromatic carbocycles. The Morgan fingerprint density at radius 1 is 1.44 bits per heavy atom. The fourth-order valence-electron chi connectivity index (χ4n) is 2.02. The number of aromatic amines is 1. The molecular formula is C13H24N4O. The normalized spacial score (nSPS) is 11.6. The molecule has 5 heteroatoms. The van der Waals surface area contributed by atoms with Crippen LogP contribution in [0.4, 0.5) is 5.82 Å².